The molecule has 1 amide bonds. The van der Waals surface area contributed by atoms with E-state index in [1.807, 2.05) is 38.1 Å². The first-order chi connectivity index (χ1) is 11.9. The van der Waals surface area contributed by atoms with E-state index >= 15 is 0 Å². The monoisotopic (exact) mass is 334 g/mol. The Bertz CT molecular complexity index is 893. The summed E-state index contributed by atoms with van der Waals surface area (Å²) in [7, 11) is 0. The van der Waals surface area contributed by atoms with Gasteiger partial charge in [0.2, 0.25) is 11.8 Å². The molecule has 25 heavy (non-hydrogen) atoms. The number of aromatic nitrogens is 1. The minimum Gasteiger partial charge on any atom is -0.444 e. The number of nitrogens with one attached hydrogen (secondary N) is 1. The van der Waals surface area contributed by atoms with Crippen LogP contribution in [0, 0.1) is 19.8 Å². The van der Waals surface area contributed by atoms with Gasteiger partial charge in [0.05, 0.1) is 0 Å². The Kier molecular flexibility index (Phi) is 4.70. The molecule has 0 unspecified atom stereocenters. The van der Waals surface area contributed by atoms with Crippen LogP contribution in [0.4, 0.5) is 5.69 Å². The molecule has 0 aliphatic carbocycles. The molecule has 1 heterocycles. The Hall–Kier alpha value is -2.88. The topological polar surface area (TPSA) is 55.1 Å². The van der Waals surface area contributed by atoms with Crippen molar-refractivity contribution in [1.29, 1.82) is 0 Å². The Labute approximate surface area is 147 Å². The first-order valence-corrected chi connectivity index (χ1v) is 8.38. The third kappa shape index (κ3) is 3.79. The van der Waals surface area contributed by atoms with Gasteiger partial charge in [-0.15, -0.1) is 0 Å². The van der Waals surface area contributed by atoms with Crippen LogP contribution in [0.2, 0.25) is 0 Å². The second kappa shape index (κ2) is 6.93. The van der Waals surface area contributed by atoms with Gasteiger partial charge in [-0.05, 0) is 43.7 Å². The van der Waals surface area contributed by atoms with Gasteiger partial charge in [-0.2, -0.15) is 0 Å². The maximum atomic E-state index is 11.7. The largest absolute Gasteiger partial charge is 0.444 e. The maximum Gasteiger partial charge on any atom is 0.226 e. The summed E-state index contributed by atoms with van der Waals surface area (Å²) in [6.07, 6.45) is 1.68. The lowest BCUT2D eigenvalue weighted by Gasteiger charge is -2.07. The highest BCUT2D eigenvalue weighted by Gasteiger charge is 2.11. The number of anilines is 1. The molecule has 1 aromatic heterocycles. The average molecular weight is 334 g/mol. The lowest BCUT2D eigenvalue weighted by molar-refractivity contribution is -0.118. The van der Waals surface area contributed by atoms with E-state index in [1.54, 1.807) is 6.26 Å². The van der Waals surface area contributed by atoms with Crippen molar-refractivity contribution in [2.45, 2.75) is 27.7 Å². The molecule has 4 heteroatoms. The molecular weight excluding hydrogens is 312 g/mol. The predicted octanol–water partition coefficient (Wildman–Crippen LogP) is 5.22. The van der Waals surface area contributed by atoms with Gasteiger partial charge >= 0.3 is 0 Å². The smallest absolute Gasteiger partial charge is 0.226 e. The van der Waals surface area contributed by atoms with Gasteiger partial charge in [0.25, 0.3) is 0 Å². The van der Waals surface area contributed by atoms with Crippen LogP contribution in [-0.2, 0) is 4.79 Å². The van der Waals surface area contributed by atoms with Crippen LogP contribution >= 0.6 is 0 Å². The Morgan fingerprint density at radius 3 is 2.44 bits per heavy atom. The van der Waals surface area contributed by atoms with Crippen molar-refractivity contribution in [2.75, 3.05) is 5.32 Å². The molecule has 0 saturated carbocycles. The van der Waals surface area contributed by atoms with Crippen LogP contribution in [-0.4, -0.2) is 10.9 Å². The third-order valence-corrected chi connectivity index (χ3v) is 4.09. The van der Waals surface area contributed by atoms with Crippen molar-refractivity contribution >= 4 is 11.6 Å². The number of rotatable bonds is 4. The van der Waals surface area contributed by atoms with Crippen molar-refractivity contribution in [3.05, 3.63) is 59.9 Å². The lowest BCUT2D eigenvalue weighted by Crippen LogP contribution is -2.17. The van der Waals surface area contributed by atoms with Gasteiger partial charge in [0.1, 0.15) is 12.0 Å². The van der Waals surface area contributed by atoms with E-state index in [0.717, 1.165) is 22.5 Å². The maximum absolute atomic E-state index is 11.7. The average Bonchev–Trinajstić information content (AvgIpc) is 3.05. The van der Waals surface area contributed by atoms with Gasteiger partial charge < -0.3 is 9.73 Å². The predicted molar refractivity (Wildman–Crippen MR) is 100 cm³/mol. The number of hydrogen-bond acceptors (Lipinski definition) is 3. The highest BCUT2D eigenvalue weighted by atomic mass is 16.3. The molecule has 0 radical (unpaired) electrons. The van der Waals surface area contributed by atoms with Gasteiger partial charge in [-0.25, -0.2) is 4.98 Å². The zero-order chi connectivity index (χ0) is 18.0. The summed E-state index contributed by atoms with van der Waals surface area (Å²) < 4.78 is 5.65. The normalized spacial score (nSPS) is 10.9. The quantitative estimate of drug-likeness (QED) is 0.711. The van der Waals surface area contributed by atoms with Crippen molar-refractivity contribution < 1.29 is 9.21 Å². The zero-order valence-electron chi connectivity index (χ0n) is 15.0. The van der Waals surface area contributed by atoms with Gasteiger partial charge in [-0.1, -0.05) is 37.6 Å². The van der Waals surface area contributed by atoms with E-state index in [0.29, 0.717) is 5.89 Å². The Morgan fingerprint density at radius 1 is 1.08 bits per heavy atom. The molecule has 0 aliphatic heterocycles. The van der Waals surface area contributed by atoms with Crippen molar-refractivity contribution in [3.8, 4) is 22.7 Å². The zero-order valence-corrected chi connectivity index (χ0v) is 15.0. The number of nitrogens with zero attached hydrogens (tertiary/aromatic N) is 1. The standard InChI is InChI=1S/C21H22N2O2/c1-13(2)20(24)22-17-8-6-16(7-9-17)21-23-19(12-25-21)18-10-5-14(3)11-15(18)4/h5-13H,1-4H3,(H,22,24). The fourth-order valence-electron chi connectivity index (χ4n) is 2.61. The molecule has 3 rings (SSSR count). The molecule has 128 valence electrons. The number of amides is 1. The molecule has 0 atom stereocenters. The minimum absolute atomic E-state index is 0.000932. The molecule has 0 aliphatic rings. The first-order valence-electron chi connectivity index (χ1n) is 8.38. The minimum atomic E-state index is -0.0493. The number of hydrogen-bond donors (Lipinski definition) is 1. The summed E-state index contributed by atoms with van der Waals surface area (Å²) in [5.74, 6) is 0.518. The fraction of sp³-hybridized carbons (Fsp3) is 0.238. The number of aryl methyl sites for hydroxylation is 2. The van der Waals surface area contributed by atoms with Crippen LogP contribution in [0.5, 0.6) is 0 Å². The Morgan fingerprint density at radius 2 is 1.80 bits per heavy atom. The summed E-state index contributed by atoms with van der Waals surface area (Å²) in [4.78, 5) is 16.3. The van der Waals surface area contributed by atoms with Crippen LogP contribution in [0.25, 0.3) is 22.7 Å². The molecule has 0 spiro atoms. The van der Waals surface area contributed by atoms with Crippen LogP contribution < -0.4 is 5.32 Å². The van der Waals surface area contributed by atoms with Crippen molar-refractivity contribution in [3.63, 3.8) is 0 Å². The van der Waals surface area contributed by atoms with E-state index in [-0.39, 0.29) is 11.8 Å². The van der Waals surface area contributed by atoms with Crippen LogP contribution in [0.15, 0.2) is 53.1 Å². The summed E-state index contributed by atoms with van der Waals surface area (Å²) in [5, 5.41) is 2.87. The summed E-state index contributed by atoms with van der Waals surface area (Å²) in [5.41, 5.74) is 5.93. The van der Waals surface area contributed by atoms with Gasteiger partial charge in [0.15, 0.2) is 0 Å². The molecule has 1 N–H and O–H groups in total. The van der Waals surface area contributed by atoms with Crippen LogP contribution in [0.3, 0.4) is 0 Å². The highest BCUT2D eigenvalue weighted by Crippen LogP contribution is 2.28. The molecule has 0 saturated heterocycles. The molecule has 2 aromatic carbocycles. The third-order valence-electron chi connectivity index (χ3n) is 4.09. The highest BCUT2D eigenvalue weighted by molar-refractivity contribution is 5.92. The summed E-state index contributed by atoms with van der Waals surface area (Å²) in [6.45, 7) is 7.88. The number of carbonyl (C=O) groups excluding carboxylic acids is 1. The van der Waals surface area contributed by atoms with Crippen molar-refractivity contribution in [2.24, 2.45) is 5.92 Å². The summed E-state index contributed by atoms with van der Waals surface area (Å²) >= 11 is 0. The number of oxazole rings is 1. The SMILES string of the molecule is Cc1ccc(-c2coc(-c3ccc(NC(=O)C(C)C)cc3)n2)c(C)c1. The second-order valence-electron chi connectivity index (χ2n) is 6.58. The molecule has 3 aromatic rings. The fourth-order valence-corrected chi connectivity index (χ4v) is 2.61. The lowest BCUT2D eigenvalue weighted by atomic mass is 10.0. The van der Waals surface area contributed by atoms with Crippen LogP contribution in [0.1, 0.15) is 25.0 Å². The van der Waals surface area contributed by atoms with E-state index < -0.39 is 0 Å². The van der Waals surface area contributed by atoms with Gasteiger partial charge in [0, 0.05) is 22.7 Å². The molecule has 0 bridgehead atoms. The molecule has 4 nitrogen and oxygen atoms in total. The second-order valence-corrected chi connectivity index (χ2v) is 6.58. The van der Waals surface area contributed by atoms with Crippen molar-refractivity contribution in [1.82, 2.24) is 4.98 Å². The summed E-state index contributed by atoms with van der Waals surface area (Å²) in [6, 6.07) is 13.8. The van der Waals surface area contributed by atoms with E-state index in [4.69, 9.17) is 4.42 Å². The Balaban J connectivity index is 1.81. The van der Waals surface area contributed by atoms with Gasteiger partial charge in [-0.3, -0.25) is 4.79 Å². The molecular formula is C21H22N2O2. The van der Waals surface area contributed by atoms with E-state index in [1.165, 1.54) is 11.1 Å². The van der Waals surface area contributed by atoms with E-state index in [9.17, 15) is 4.79 Å². The first kappa shape index (κ1) is 17.0. The number of benzene rings is 2. The number of carbonyl (C=O) groups is 1. The van der Waals surface area contributed by atoms with E-state index in [2.05, 4.69) is 42.3 Å². The molecule has 0 fully saturated rings.